The monoisotopic (exact) mass is 340 g/mol. The van der Waals surface area contributed by atoms with Crippen LogP contribution < -0.4 is 10.1 Å². The molecule has 2 rings (SSSR count). The first-order chi connectivity index (χ1) is 11.3. The first-order valence-electron chi connectivity index (χ1n) is 7.06. The highest BCUT2D eigenvalue weighted by Gasteiger charge is 2.35. The molecule has 0 fully saturated rings. The van der Waals surface area contributed by atoms with Crippen molar-refractivity contribution in [1.29, 1.82) is 0 Å². The van der Waals surface area contributed by atoms with E-state index in [9.17, 15) is 23.3 Å². The number of benzene rings is 2. The molecule has 0 heterocycles. The fourth-order valence-corrected chi connectivity index (χ4v) is 2.09. The molecule has 0 aliphatic carbocycles. The van der Waals surface area contributed by atoms with E-state index in [2.05, 4.69) is 5.32 Å². The summed E-state index contributed by atoms with van der Waals surface area (Å²) in [6.07, 6.45) is -4.69. The Labute approximate surface area is 136 Å². The van der Waals surface area contributed by atoms with Crippen LogP contribution in [0.5, 0.6) is 5.75 Å². The fraction of sp³-hybridized carbons (Fsp3) is 0.250. The van der Waals surface area contributed by atoms with Crippen LogP contribution in [0.15, 0.2) is 42.5 Å². The predicted octanol–water partition coefficient (Wildman–Crippen LogP) is 4.41. The van der Waals surface area contributed by atoms with Gasteiger partial charge >= 0.3 is 6.18 Å². The molecule has 0 aromatic heterocycles. The maximum atomic E-state index is 13.0. The molecule has 128 valence electrons. The normalized spacial score (nSPS) is 11.2. The number of hydrogen-bond acceptors (Lipinski definition) is 4. The molecule has 0 saturated heterocycles. The van der Waals surface area contributed by atoms with Gasteiger partial charge in [-0.1, -0.05) is 12.1 Å². The molecule has 0 atom stereocenters. The average Bonchev–Trinajstić information content (AvgIpc) is 2.50. The van der Waals surface area contributed by atoms with Crippen LogP contribution in [0.25, 0.3) is 0 Å². The quantitative estimate of drug-likeness (QED) is 0.480. The maximum absolute atomic E-state index is 13.0. The highest BCUT2D eigenvalue weighted by Crippen LogP contribution is 2.36. The van der Waals surface area contributed by atoms with Gasteiger partial charge in [0.2, 0.25) is 0 Å². The van der Waals surface area contributed by atoms with Gasteiger partial charge in [0.25, 0.3) is 5.69 Å². The minimum absolute atomic E-state index is 0.120. The van der Waals surface area contributed by atoms with Crippen molar-refractivity contribution in [2.45, 2.75) is 13.1 Å². The molecular formula is C16H15F3N2O3. The third-order valence-corrected chi connectivity index (χ3v) is 3.20. The Morgan fingerprint density at radius 3 is 2.58 bits per heavy atom. The molecular weight excluding hydrogens is 325 g/mol. The SMILES string of the molecule is Cc1cccc(OCCNc2ccc([N+](=O)[O-])cc2C(F)(F)F)c1. The lowest BCUT2D eigenvalue weighted by Gasteiger charge is -2.14. The summed E-state index contributed by atoms with van der Waals surface area (Å²) in [6.45, 7) is 2.17. The van der Waals surface area contributed by atoms with Gasteiger partial charge in [0.1, 0.15) is 12.4 Å². The summed E-state index contributed by atoms with van der Waals surface area (Å²) in [5, 5.41) is 13.2. The number of halogens is 3. The predicted molar refractivity (Wildman–Crippen MR) is 83.3 cm³/mol. The Kier molecular flexibility index (Phi) is 5.28. The summed E-state index contributed by atoms with van der Waals surface area (Å²) in [6, 6.07) is 9.87. The van der Waals surface area contributed by atoms with Crippen LogP contribution in [0.4, 0.5) is 24.5 Å². The minimum Gasteiger partial charge on any atom is -0.492 e. The van der Waals surface area contributed by atoms with Gasteiger partial charge in [-0.05, 0) is 30.7 Å². The van der Waals surface area contributed by atoms with Gasteiger partial charge in [-0.25, -0.2) is 0 Å². The summed E-state index contributed by atoms with van der Waals surface area (Å²) in [5.74, 6) is 0.622. The van der Waals surface area contributed by atoms with Crippen molar-refractivity contribution in [2.24, 2.45) is 0 Å². The van der Waals surface area contributed by atoms with Gasteiger partial charge in [-0.2, -0.15) is 13.2 Å². The largest absolute Gasteiger partial charge is 0.492 e. The topological polar surface area (TPSA) is 64.4 Å². The highest BCUT2D eigenvalue weighted by molar-refractivity contribution is 5.57. The van der Waals surface area contributed by atoms with Crippen LogP contribution in [0, 0.1) is 17.0 Å². The van der Waals surface area contributed by atoms with Crippen LogP contribution in [-0.4, -0.2) is 18.1 Å². The molecule has 0 unspecified atom stereocenters. The van der Waals surface area contributed by atoms with E-state index in [0.29, 0.717) is 11.8 Å². The van der Waals surface area contributed by atoms with Gasteiger partial charge in [0.15, 0.2) is 0 Å². The molecule has 5 nitrogen and oxygen atoms in total. The Balaban J connectivity index is 2.02. The van der Waals surface area contributed by atoms with Gasteiger partial charge in [0.05, 0.1) is 10.5 Å². The van der Waals surface area contributed by atoms with E-state index < -0.39 is 22.4 Å². The zero-order chi connectivity index (χ0) is 17.7. The Morgan fingerprint density at radius 1 is 1.21 bits per heavy atom. The average molecular weight is 340 g/mol. The Hall–Kier alpha value is -2.77. The third kappa shape index (κ3) is 4.61. The van der Waals surface area contributed by atoms with E-state index in [4.69, 9.17) is 4.74 Å². The van der Waals surface area contributed by atoms with Crippen LogP contribution in [-0.2, 0) is 6.18 Å². The lowest BCUT2D eigenvalue weighted by molar-refractivity contribution is -0.385. The number of rotatable bonds is 6. The lowest BCUT2D eigenvalue weighted by atomic mass is 10.1. The van der Waals surface area contributed by atoms with Crippen molar-refractivity contribution < 1.29 is 22.8 Å². The number of aryl methyl sites for hydroxylation is 1. The summed E-state index contributed by atoms with van der Waals surface area (Å²) in [5.41, 5.74) is -0.896. The summed E-state index contributed by atoms with van der Waals surface area (Å²) in [4.78, 5) is 9.77. The number of ether oxygens (including phenoxy) is 1. The van der Waals surface area contributed by atoms with Crippen molar-refractivity contribution in [3.63, 3.8) is 0 Å². The van der Waals surface area contributed by atoms with Crippen molar-refractivity contribution in [3.05, 3.63) is 63.7 Å². The molecule has 0 amide bonds. The molecule has 0 bridgehead atoms. The van der Waals surface area contributed by atoms with E-state index in [-0.39, 0.29) is 18.8 Å². The van der Waals surface area contributed by atoms with Gasteiger partial charge in [-0.15, -0.1) is 0 Å². The Morgan fingerprint density at radius 2 is 1.96 bits per heavy atom. The summed E-state index contributed by atoms with van der Waals surface area (Å²) in [7, 11) is 0. The summed E-state index contributed by atoms with van der Waals surface area (Å²) < 4.78 is 44.5. The van der Waals surface area contributed by atoms with Crippen molar-refractivity contribution in [2.75, 3.05) is 18.5 Å². The Bertz CT molecular complexity index is 733. The maximum Gasteiger partial charge on any atom is 0.418 e. The number of nitro groups is 1. The van der Waals surface area contributed by atoms with Crippen molar-refractivity contribution in [1.82, 2.24) is 0 Å². The first-order valence-corrected chi connectivity index (χ1v) is 7.06. The number of alkyl halides is 3. The molecule has 1 N–H and O–H groups in total. The molecule has 0 radical (unpaired) electrons. The lowest BCUT2D eigenvalue weighted by Crippen LogP contribution is -2.16. The number of nitrogens with one attached hydrogen (secondary N) is 1. The highest BCUT2D eigenvalue weighted by atomic mass is 19.4. The standard InChI is InChI=1S/C16H15F3N2O3/c1-11-3-2-4-13(9-11)24-8-7-20-15-6-5-12(21(22)23)10-14(15)16(17,18)19/h2-6,9-10,20H,7-8H2,1H3. The number of anilines is 1. The fourth-order valence-electron chi connectivity index (χ4n) is 2.09. The van der Waals surface area contributed by atoms with E-state index in [1.807, 2.05) is 25.1 Å². The van der Waals surface area contributed by atoms with Crippen LogP contribution in [0.1, 0.15) is 11.1 Å². The van der Waals surface area contributed by atoms with Crippen LogP contribution >= 0.6 is 0 Å². The van der Waals surface area contributed by atoms with Gasteiger partial charge in [-0.3, -0.25) is 10.1 Å². The first kappa shape index (κ1) is 17.6. The molecule has 0 aliphatic rings. The van der Waals surface area contributed by atoms with Crippen molar-refractivity contribution >= 4 is 11.4 Å². The molecule has 0 saturated carbocycles. The van der Waals surface area contributed by atoms with E-state index >= 15 is 0 Å². The molecule has 2 aromatic rings. The number of nitrogens with zero attached hydrogens (tertiary/aromatic N) is 1. The summed E-state index contributed by atoms with van der Waals surface area (Å²) >= 11 is 0. The third-order valence-electron chi connectivity index (χ3n) is 3.20. The molecule has 24 heavy (non-hydrogen) atoms. The van der Waals surface area contributed by atoms with Crippen LogP contribution in [0.3, 0.4) is 0 Å². The van der Waals surface area contributed by atoms with E-state index in [1.165, 1.54) is 0 Å². The van der Waals surface area contributed by atoms with Gasteiger partial charge in [0, 0.05) is 24.4 Å². The minimum atomic E-state index is -4.69. The van der Waals surface area contributed by atoms with E-state index in [0.717, 1.165) is 17.7 Å². The zero-order valence-electron chi connectivity index (χ0n) is 12.8. The molecule has 8 heteroatoms. The zero-order valence-corrected chi connectivity index (χ0v) is 12.8. The van der Waals surface area contributed by atoms with E-state index in [1.54, 1.807) is 6.07 Å². The second-order valence-corrected chi connectivity index (χ2v) is 5.08. The number of non-ortho nitro benzene ring substituents is 1. The molecule has 0 aliphatic heterocycles. The molecule has 2 aromatic carbocycles. The number of nitro benzene ring substituents is 1. The molecule has 0 spiro atoms. The van der Waals surface area contributed by atoms with Gasteiger partial charge < -0.3 is 10.1 Å². The van der Waals surface area contributed by atoms with Crippen molar-refractivity contribution in [3.8, 4) is 5.75 Å². The van der Waals surface area contributed by atoms with Crippen LogP contribution in [0.2, 0.25) is 0 Å². The second-order valence-electron chi connectivity index (χ2n) is 5.08. The smallest absolute Gasteiger partial charge is 0.418 e. The number of hydrogen-bond donors (Lipinski definition) is 1. The second kappa shape index (κ2) is 7.20.